The fraction of sp³-hybridized carbons (Fsp3) is 0.391. The van der Waals surface area contributed by atoms with Gasteiger partial charge in [-0.25, -0.2) is 0 Å². The SMILES string of the molecule is CN=C(NCc1cccc(NC(C)=O)c1)NCC(c1ccccc1)N1CCCC1. The van der Waals surface area contributed by atoms with Crippen LogP contribution in [0.15, 0.2) is 59.6 Å². The van der Waals surface area contributed by atoms with Gasteiger partial charge in [-0.1, -0.05) is 42.5 Å². The van der Waals surface area contributed by atoms with Gasteiger partial charge in [-0.2, -0.15) is 0 Å². The van der Waals surface area contributed by atoms with Gasteiger partial charge in [0.15, 0.2) is 5.96 Å². The van der Waals surface area contributed by atoms with Crippen LogP contribution < -0.4 is 16.0 Å². The molecule has 0 bridgehead atoms. The second-order valence-electron chi connectivity index (χ2n) is 7.36. The number of aliphatic imine (C=N–C) groups is 1. The largest absolute Gasteiger partial charge is 0.354 e. The van der Waals surface area contributed by atoms with Crippen LogP contribution in [-0.4, -0.2) is 43.4 Å². The summed E-state index contributed by atoms with van der Waals surface area (Å²) < 4.78 is 0. The van der Waals surface area contributed by atoms with Gasteiger partial charge in [-0.15, -0.1) is 0 Å². The maximum Gasteiger partial charge on any atom is 0.221 e. The van der Waals surface area contributed by atoms with E-state index in [-0.39, 0.29) is 5.91 Å². The van der Waals surface area contributed by atoms with E-state index in [0.29, 0.717) is 12.6 Å². The van der Waals surface area contributed by atoms with Crippen molar-refractivity contribution >= 4 is 17.6 Å². The lowest BCUT2D eigenvalue weighted by atomic mass is 10.1. The van der Waals surface area contributed by atoms with Crippen molar-refractivity contribution in [3.05, 3.63) is 65.7 Å². The summed E-state index contributed by atoms with van der Waals surface area (Å²) >= 11 is 0. The Balaban J connectivity index is 1.58. The van der Waals surface area contributed by atoms with Gasteiger partial charge in [0.2, 0.25) is 5.91 Å². The van der Waals surface area contributed by atoms with E-state index in [1.54, 1.807) is 7.05 Å². The second kappa shape index (κ2) is 10.6. The lowest BCUT2D eigenvalue weighted by Gasteiger charge is -2.29. The molecule has 0 spiro atoms. The Morgan fingerprint density at radius 1 is 1.07 bits per heavy atom. The Morgan fingerprint density at radius 3 is 2.52 bits per heavy atom. The lowest BCUT2D eigenvalue weighted by molar-refractivity contribution is -0.114. The van der Waals surface area contributed by atoms with Crippen molar-refractivity contribution in [3.63, 3.8) is 0 Å². The van der Waals surface area contributed by atoms with Crippen molar-refractivity contribution in [2.24, 2.45) is 4.99 Å². The molecule has 2 aromatic rings. The summed E-state index contributed by atoms with van der Waals surface area (Å²) in [4.78, 5) is 18.2. The molecule has 0 aromatic heterocycles. The zero-order valence-electron chi connectivity index (χ0n) is 17.3. The number of benzene rings is 2. The number of nitrogens with zero attached hydrogens (tertiary/aromatic N) is 2. The van der Waals surface area contributed by atoms with Crippen molar-refractivity contribution in [2.75, 3.05) is 32.0 Å². The van der Waals surface area contributed by atoms with Crippen molar-refractivity contribution in [1.82, 2.24) is 15.5 Å². The number of rotatable bonds is 7. The van der Waals surface area contributed by atoms with Gasteiger partial charge < -0.3 is 16.0 Å². The van der Waals surface area contributed by atoms with Crippen LogP contribution in [0.25, 0.3) is 0 Å². The van der Waals surface area contributed by atoms with Crippen molar-refractivity contribution < 1.29 is 4.79 Å². The van der Waals surface area contributed by atoms with E-state index < -0.39 is 0 Å². The monoisotopic (exact) mass is 393 g/mol. The van der Waals surface area contributed by atoms with Crippen LogP contribution in [-0.2, 0) is 11.3 Å². The van der Waals surface area contributed by atoms with E-state index in [2.05, 4.69) is 56.2 Å². The third kappa shape index (κ3) is 6.32. The number of guanidine groups is 1. The van der Waals surface area contributed by atoms with Gasteiger partial charge in [0.05, 0.1) is 6.04 Å². The maximum absolute atomic E-state index is 11.3. The van der Waals surface area contributed by atoms with E-state index in [0.717, 1.165) is 36.8 Å². The number of amides is 1. The van der Waals surface area contributed by atoms with Gasteiger partial charge in [-0.3, -0.25) is 14.7 Å². The van der Waals surface area contributed by atoms with Gasteiger partial charge in [0, 0.05) is 32.7 Å². The molecule has 1 fully saturated rings. The zero-order valence-corrected chi connectivity index (χ0v) is 17.3. The smallest absolute Gasteiger partial charge is 0.221 e. The molecule has 1 aliphatic rings. The molecule has 1 amide bonds. The Hall–Kier alpha value is -2.86. The number of likely N-dealkylation sites (tertiary alicyclic amines) is 1. The number of carbonyl (C=O) groups excluding carboxylic acids is 1. The Kier molecular flexibility index (Phi) is 7.64. The minimum absolute atomic E-state index is 0.0681. The normalized spacial score (nSPS) is 15.7. The molecule has 29 heavy (non-hydrogen) atoms. The Morgan fingerprint density at radius 2 is 1.83 bits per heavy atom. The van der Waals surface area contributed by atoms with Crippen molar-refractivity contribution in [1.29, 1.82) is 0 Å². The zero-order chi connectivity index (χ0) is 20.5. The second-order valence-corrected chi connectivity index (χ2v) is 7.36. The first kappa shape index (κ1) is 20.9. The molecule has 3 N–H and O–H groups in total. The van der Waals surface area contributed by atoms with E-state index in [4.69, 9.17) is 0 Å². The maximum atomic E-state index is 11.3. The van der Waals surface area contributed by atoms with Crippen LogP contribution in [0.2, 0.25) is 0 Å². The molecule has 1 heterocycles. The first-order valence-electron chi connectivity index (χ1n) is 10.3. The first-order chi connectivity index (χ1) is 14.2. The lowest BCUT2D eigenvalue weighted by Crippen LogP contribution is -2.42. The van der Waals surface area contributed by atoms with E-state index in [1.165, 1.54) is 25.3 Å². The highest BCUT2D eigenvalue weighted by Crippen LogP contribution is 2.24. The minimum Gasteiger partial charge on any atom is -0.354 e. The quantitative estimate of drug-likeness (QED) is 0.499. The number of anilines is 1. The summed E-state index contributed by atoms with van der Waals surface area (Å²) in [6.07, 6.45) is 2.53. The Bertz CT molecular complexity index is 815. The fourth-order valence-corrected chi connectivity index (χ4v) is 3.75. The van der Waals surface area contributed by atoms with Gasteiger partial charge in [0.25, 0.3) is 0 Å². The third-order valence-electron chi connectivity index (χ3n) is 5.16. The van der Waals surface area contributed by atoms with Crippen LogP contribution in [0.3, 0.4) is 0 Å². The first-order valence-corrected chi connectivity index (χ1v) is 10.3. The minimum atomic E-state index is -0.0681. The highest BCUT2D eigenvalue weighted by atomic mass is 16.1. The predicted molar refractivity (Wildman–Crippen MR) is 119 cm³/mol. The van der Waals surface area contributed by atoms with Gasteiger partial charge >= 0.3 is 0 Å². The van der Waals surface area contributed by atoms with Crippen LogP contribution in [0, 0.1) is 0 Å². The molecule has 1 atom stereocenters. The van der Waals surface area contributed by atoms with E-state index >= 15 is 0 Å². The fourth-order valence-electron chi connectivity index (χ4n) is 3.75. The molecular weight excluding hydrogens is 362 g/mol. The predicted octanol–water partition coefficient (Wildman–Crippen LogP) is 3.15. The molecular formula is C23H31N5O. The highest BCUT2D eigenvalue weighted by molar-refractivity contribution is 5.88. The number of carbonyl (C=O) groups is 1. The van der Waals surface area contributed by atoms with E-state index in [9.17, 15) is 4.79 Å². The standard InChI is InChI=1S/C23H31N5O/c1-18(29)27-21-12-8-9-19(15-21)16-25-23(24-2)26-17-22(28-13-6-7-14-28)20-10-4-3-5-11-20/h3-5,8-12,15,22H,6-7,13-14,16-17H2,1-2H3,(H,27,29)(H2,24,25,26). The van der Waals surface area contributed by atoms with Crippen LogP contribution in [0.1, 0.15) is 36.9 Å². The van der Waals surface area contributed by atoms with Gasteiger partial charge in [-0.05, 0) is 49.2 Å². The molecule has 3 rings (SSSR count). The summed E-state index contributed by atoms with van der Waals surface area (Å²) in [5.74, 6) is 0.705. The molecule has 1 unspecified atom stereocenters. The summed E-state index contributed by atoms with van der Waals surface area (Å²) in [5, 5.41) is 9.68. The molecule has 6 heteroatoms. The molecule has 1 aliphatic heterocycles. The molecule has 0 aliphatic carbocycles. The summed E-state index contributed by atoms with van der Waals surface area (Å²) in [6.45, 7) is 5.23. The molecule has 6 nitrogen and oxygen atoms in total. The van der Waals surface area contributed by atoms with Crippen LogP contribution in [0.4, 0.5) is 5.69 Å². The van der Waals surface area contributed by atoms with Gasteiger partial charge in [0.1, 0.15) is 0 Å². The van der Waals surface area contributed by atoms with E-state index in [1.807, 2.05) is 24.3 Å². The number of hydrogen-bond donors (Lipinski definition) is 3. The molecule has 154 valence electrons. The number of hydrogen-bond acceptors (Lipinski definition) is 3. The average molecular weight is 394 g/mol. The average Bonchev–Trinajstić information content (AvgIpc) is 3.25. The topological polar surface area (TPSA) is 68.8 Å². The molecule has 2 aromatic carbocycles. The molecule has 0 saturated carbocycles. The van der Waals surface area contributed by atoms with Crippen molar-refractivity contribution in [3.8, 4) is 0 Å². The highest BCUT2D eigenvalue weighted by Gasteiger charge is 2.23. The summed E-state index contributed by atoms with van der Waals surface area (Å²) in [5.41, 5.74) is 3.22. The molecule has 0 radical (unpaired) electrons. The molecule has 1 saturated heterocycles. The van der Waals surface area contributed by atoms with Crippen LogP contribution in [0.5, 0.6) is 0 Å². The number of nitrogens with one attached hydrogen (secondary N) is 3. The van der Waals surface area contributed by atoms with Crippen molar-refractivity contribution in [2.45, 2.75) is 32.4 Å². The third-order valence-corrected chi connectivity index (χ3v) is 5.16. The van der Waals surface area contributed by atoms with Crippen LogP contribution >= 0.6 is 0 Å². The summed E-state index contributed by atoms with van der Waals surface area (Å²) in [6, 6.07) is 18.8. The Labute approximate surface area is 173 Å². The summed E-state index contributed by atoms with van der Waals surface area (Å²) in [7, 11) is 1.79.